The van der Waals surface area contributed by atoms with Gasteiger partial charge in [-0.1, -0.05) is 74.5 Å². The number of β-amino-alcohol motifs (C(OH)–C–C–N with tert-alkyl or cyclic N) is 1. The van der Waals surface area contributed by atoms with Gasteiger partial charge in [0.25, 0.3) is 11.8 Å². The first-order valence-corrected chi connectivity index (χ1v) is 14.4. The lowest BCUT2D eigenvalue weighted by Gasteiger charge is -2.36. The van der Waals surface area contributed by atoms with Crippen LogP contribution in [-0.4, -0.2) is 68.3 Å². The lowest BCUT2D eigenvalue weighted by molar-refractivity contribution is -0.148. The molecule has 228 valence electrons. The minimum Gasteiger partial charge on any atom is -0.508 e. The van der Waals surface area contributed by atoms with Gasteiger partial charge in [-0.3, -0.25) is 14.4 Å². The molecule has 3 amide bonds. The van der Waals surface area contributed by atoms with Crippen LogP contribution in [-0.2, 0) is 22.6 Å². The molecule has 3 aromatic carbocycles. The maximum absolute atomic E-state index is 14.0. The zero-order valence-corrected chi connectivity index (χ0v) is 25.3. The van der Waals surface area contributed by atoms with Crippen molar-refractivity contribution in [3.63, 3.8) is 0 Å². The van der Waals surface area contributed by atoms with E-state index in [-0.39, 0.29) is 30.8 Å². The number of likely N-dealkylation sites (tertiary alicyclic amines) is 1. The quantitative estimate of drug-likeness (QED) is 0.261. The molecule has 1 unspecified atom stereocenters. The molecule has 5 N–H and O–H groups in total. The van der Waals surface area contributed by atoms with Crippen molar-refractivity contribution >= 4 is 17.7 Å². The molecule has 9 nitrogen and oxygen atoms in total. The smallest absolute Gasteiger partial charge is 0.254 e. The van der Waals surface area contributed by atoms with Crippen molar-refractivity contribution in [3.05, 3.63) is 101 Å². The minimum atomic E-state index is -1.74. The van der Waals surface area contributed by atoms with Gasteiger partial charge in [-0.05, 0) is 56.0 Å². The van der Waals surface area contributed by atoms with E-state index in [0.717, 1.165) is 16.7 Å². The van der Waals surface area contributed by atoms with Crippen LogP contribution in [0.5, 0.6) is 5.75 Å². The number of phenols is 1. The third-order valence-electron chi connectivity index (χ3n) is 8.91. The van der Waals surface area contributed by atoms with E-state index in [1.807, 2.05) is 61.5 Å². The summed E-state index contributed by atoms with van der Waals surface area (Å²) in [4.78, 5) is 42.3. The fraction of sp³-hybridized carbons (Fsp3) is 0.382. The summed E-state index contributed by atoms with van der Waals surface area (Å²) in [5.74, 6) is -1.85. The van der Waals surface area contributed by atoms with Gasteiger partial charge < -0.3 is 30.9 Å². The lowest BCUT2D eigenvalue weighted by atomic mass is 9.74. The summed E-state index contributed by atoms with van der Waals surface area (Å²) in [5, 5.41) is 38.7. The second kappa shape index (κ2) is 12.6. The number of rotatable bonds is 9. The molecule has 3 aromatic rings. The van der Waals surface area contributed by atoms with Gasteiger partial charge in [-0.2, -0.15) is 0 Å². The van der Waals surface area contributed by atoms with Crippen LogP contribution in [0.4, 0.5) is 0 Å². The Morgan fingerprint density at radius 2 is 1.60 bits per heavy atom. The van der Waals surface area contributed by atoms with Crippen LogP contribution in [0.2, 0.25) is 0 Å². The maximum Gasteiger partial charge on any atom is 0.254 e. The minimum absolute atomic E-state index is 0.0510. The van der Waals surface area contributed by atoms with Crippen LogP contribution in [0.25, 0.3) is 0 Å². The van der Waals surface area contributed by atoms with Gasteiger partial charge in [0.2, 0.25) is 5.91 Å². The SMILES string of the molecule is Cc1ccccc1CNC(=O)C1N(C(=O)[C@@H](O)[C@H](Cc2ccccc2)NC(=O)c2cccc(O)c2C)C[C@](C)(O)C1(C)C. The number of amides is 3. The molecule has 4 rings (SSSR count). The van der Waals surface area contributed by atoms with E-state index in [9.17, 15) is 29.7 Å². The average molecular weight is 588 g/mol. The first-order valence-electron chi connectivity index (χ1n) is 14.4. The van der Waals surface area contributed by atoms with Gasteiger partial charge in [0.1, 0.15) is 11.8 Å². The number of hydrogen-bond acceptors (Lipinski definition) is 6. The number of nitrogens with zero attached hydrogens (tertiary/aromatic N) is 1. The summed E-state index contributed by atoms with van der Waals surface area (Å²) >= 11 is 0. The lowest BCUT2D eigenvalue weighted by Crippen LogP contribution is -2.57. The Morgan fingerprint density at radius 1 is 0.953 bits per heavy atom. The normalized spacial score (nSPS) is 20.7. The molecule has 0 bridgehead atoms. The second-order valence-electron chi connectivity index (χ2n) is 12.2. The number of hydrogen-bond donors (Lipinski definition) is 5. The van der Waals surface area contributed by atoms with Crippen LogP contribution < -0.4 is 10.6 Å². The monoisotopic (exact) mass is 587 g/mol. The van der Waals surface area contributed by atoms with E-state index in [1.54, 1.807) is 39.8 Å². The zero-order valence-electron chi connectivity index (χ0n) is 25.3. The number of nitrogens with one attached hydrogen (secondary N) is 2. The number of aromatic hydroxyl groups is 1. The van der Waals surface area contributed by atoms with Crippen LogP contribution in [0.15, 0.2) is 72.8 Å². The third kappa shape index (κ3) is 6.58. The number of aliphatic hydroxyl groups excluding tert-OH is 1. The van der Waals surface area contributed by atoms with E-state index >= 15 is 0 Å². The van der Waals surface area contributed by atoms with Gasteiger partial charge in [-0.25, -0.2) is 0 Å². The zero-order chi connectivity index (χ0) is 31.5. The molecule has 9 heteroatoms. The fourth-order valence-corrected chi connectivity index (χ4v) is 5.64. The molecule has 1 fully saturated rings. The van der Waals surface area contributed by atoms with Gasteiger partial charge in [0.15, 0.2) is 6.10 Å². The molecular weight excluding hydrogens is 546 g/mol. The molecule has 0 saturated carbocycles. The fourth-order valence-electron chi connectivity index (χ4n) is 5.64. The van der Waals surface area contributed by atoms with E-state index in [0.29, 0.717) is 5.56 Å². The number of aryl methyl sites for hydroxylation is 1. The number of carbonyl (C=O) groups is 3. The van der Waals surface area contributed by atoms with Crippen molar-refractivity contribution in [2.24, 2.45) is 5.41 Å². The molecule has 43 heavy (non-hydrogen) atoms. The number of phenolic OH excluding ortho intramolecular Hbond substituents is 1. The molecule has 0 spiro atoms. The van der Waals surface area contributed by atoms with Crippen molar-refractivity contribution in [1.29, 1.82) is 0 Å². The van der Waals surface area contributed by atoms with Gasteiger partial charge in [0, 0.05) is 23.1 Å². The Hall–Kier alpha value is -4.21. The molecule has 1 saturated heterocycles. The Bertz CT molecular complexity index is 1490. The summed E-state index contributed by atoms with van der Waals surface area (Å²) in [5.41, 5.74) is 0.764. The summed E-state index contributed by atoms with van der Waals surface area (Å²) < 4.78 is 0. The highest BCUT2D eigenvalue weighted by molar-refractivity contribution is 5.97. The molecule has 1 heterocycles. The van der Waals surface area contributed by atoms with Crippen molar-refractivity contribution in [1.82, 2.24) is 15.5 Å². The van der Waals surface area contributed by atoms with E-state index in [2.05, 4.69) is 10.6 Å². The first kappa shape index (κ1) is 31.7. The van der Waals surface area contributed by atoms with Gasteiger partial charge >= 0.3 is 0 Å². The van der Waals surface area contributed by atoms with Crippen molar-refractivity contribution in [2.75, 3.05) is 6.54 Å². The van der Waals surface area contributed by atoms with Gasteiger partial charge in [0.05, 0.1) is 18.2 Å². The summed E-state index contributed by atoms with van der Waals surface area (Å²) in [7, 11) is 0. The summed E-state index contributed by atoms with van der Waals surface area (Å²) in [6, 6.07) is 19.1. The topological polar surface area (TPSA) is 139 Å². The highest BCUT2D eigenvalue weighted by Gasteiger charge is 2.60. The predicted octanol–water partition coefficient (Wildman–Crippen LogP) is 3.02. The van der Waals surface area contributed by atoms with Crippen LogP contribution in [0, 0.1) is 19.3 Å². The maximum atomic E-state index is 14.0. The van der Waals surface area contributed by atoms with E-state index < -0.39 is 46.9 Å². The Balaban J connectivity index is 1.62. The first-order chi connectivity index (χ1) is 20.2. The third-order valence-corrected chi connectivity index (χ3v) is 8.91. The second-order valence-corrected chi connectivity index (χ2v) is 12.2. The van der Waals surface area contributed by atoms with E-state index in [1.165, 1.54) is 11.0 Å². The Morgan fingerprint density at radius 3 is 2.28 bits per heavy atom. The van der Waals surface area contributed by atoms with Crippen molar-refractivity contribution < 1.29 is 29.7 Å². The van der Waals surface area contributed by atoms with Crippen molar-refractivity contribution in [3.8, 4) is 5.75 Å². The van der Waals surface area contributed by atoms with Gasteiger partial charge in [-0.15, -0.1) is 0 Å². The molecule has 0 radical (unpaired) electrons. The molecule has 0 aromatic heterocycles. The number of aliphatic hydroxyl groups is 2. The van der Waals surface area contributed by atoms with Crippen LogP contribution in [0.1, 0.15) is 53.4 Å². The van der Waals surface area contributed by atoms with Crippen molar-refractivity contribution in [2.45, 2.75) is 71.4 Å². The standard InChI is InChI=1S/C34H41N3O6/c1-21-12-9-10-15-24(21)19-35-31(41)29-33(3,4)34(5,43)20-37(29)32(42)28(39)26(18-23-13-7-6-8-14-23)36-30(40)25-16-11-17-27(38)22(25)2/h6-17,26,28-29,38-39,43H,18-20H2,1-5H3,(H,35,41)(H,36,40)/t26-,28-,29?,34-/m0/s1. The highest BCUT2D eigenvalue weighted by Crippen LogP contribution is 2.44. The number of carbonyl (C=O) groups excluding carboxylic acids is 3. The Labute approximate surface area is 252 Å². The number of benzene rings is 3. The largest absolute Gasteiger partial charge is 0.508 e. The van der Waals surface area contributed by atoms with E-state index in [4.69, 9.17) is 0 Å². The Kier molecular flexibility index (Phi) is 9.27. The molecule has 0 aliphatic carbocycles. The highest BCUT2D eigenvalue weighted by atomic mass is 16.3. The average Bonchev–Trinajstić information content (AvgIpc) is 3.16. The van der Waals surface area contributed by atoms with Crippen LogP contribution >= 0.6 is 0 Å². The van der Waals surface area contributed by atoms with Crippen LogP contribution in [0.3, 0.4) is 0 Å². The summed E-state index contributed by atoms with van der Waals surface area (Å²) in [6.45, 7) is 8.61. The summed E-state index contributed by atoms with van der Waals surface area (Å²) in [6.07, 6.45) is -1.62. The predicted molar refractivity (Wildman–Crippen MR) is 163 cm³/mol. The molecule has 4 atom stereocenters. The molecule has 1 aliphatic heterocycles. The molecule has 1 aliphatic rings. The molecular formula is C34H41N3O6.